The fourth-order valence-corrected chi connectivity index (χ4v) is 2.24. The normalized spacial score (nSPS) is 28.2. The van der Waals surface area contributed by atoms with Gasteiger partial charge < -0.3 is 9.84 Å². The Balaban J connectivity index is 1.77. The molecule has 82 valence electrons. The highest BCUT2D eigenvalue weighted by molar-refractivity contribution is 5.04. The second-order valence-electron chi connectivity index (χ2n) is 4.48. The Hall–Kier alpha value is -0.940. The summed E-state index contributed by atoms with van der Waals surface area (Å²) in [5.74, 6) is 2.15. The van der Waals surface area contributed by atoms with Crippen LogP contribution in [0.25, 0.3) is 0 Å². The lowest BCUT2D eigenvalue weighted by atomic mass is 10.0. The molecule has 3 heterocycles. The quantitative estimate of drug-likeness (QED) is 0.768. The summed E-state index contributed by atoms with van der Waals surface area (Å²) in [5.41, 5.74) is 0. The molecule has 0 bridgehead atoms. The summed E-state index contributed by atoms with van der Waals surface area (Å²) in [4.78, 5) is 6.79. The topological polar surface area (TPSA) is 54.2 Å². The van der Waals surface area contributed by atoms with Gasteiger partial charge in [0.05, 0.1) is 6.04 Å². The van der Waals surface area contributed by atoms with Crippen LogP contribution < -0.4 is 5.32 Å². The molecule has 3 rings (SSSR count). The zero-order chi connectivity index (χ0) is 10.3. The van der Waals surface area contributed by atoms with E-state index in [1.54, 1.807) is 0 Å². The van der Waals surface area contributed by atoms with Crippen molar-refractivity contribution < 1.29 is 4.52 Å². The highest BCUT2D eigenvalue weighted by Crippen LogP contribution is 2.30. The summed E-state index contributed by atoms with van der Waals surface area (Å²) < 4.78 is 5.35. The molecule has 0 aromatic carbocycles. The number of nitrogens with zero attached hydrogens (tertiary/aromatic N) is 3. The summed E-state index contributed by atoms with van der Waals surface area (Å²) in [6.45, 7) is 3.10. The van der Waals surface area contributed by atoms with Gasteiger partial charge in [-0.1, -0.05) is 5.16 Å². The fourth-order valence-electron chi connectivity index (χ4n) is 2.24. The van der Waals surface area contributed by atoms with E-state index in [0.717, 1.165) is 37.8 Å². The zero-order valence-electron chi connectivity index (χ0n) is 8.94. The predicted octanol–water partition coefficient (Wildman–Crippen LogP) is 0.523. The molecule has 0 radical (unpaired) electrons. The highest BCUT2D eigenvalue weighted by Gasteiger charge is 2.30. The van der Waals surface area contributed by atoms with Crippen LogP contribution in [-0.4, -0.2) is 41.7 Å². The molecule has 2 fully saturated rings. The van der Waals surface area contributed by atoms with Crippen LogP contribution in [0, 0.1) is 0 Å². The van der Waals surface area contributed by atoms with Crippen LogP contribution in [0.1, 0.15) is 36.5 Å². The van der Waals surface area contributed by atoms with Crippen molar-refractivity contribution >= 4 is 0 Å². The Morgan fingerprint density at radius 2 is 2.33 bits per heavy atom. The predicted molar refractivity (Wildman–Crippen MR) is 54.5 cm³/mol. The van der Waals surface area contributed by atoms with E-state index in [-0.39, 0.29) is 0 Å². The molecule has 5 heteroatoms. The second kappa shape index (κ2) is 3.57. The summed E-state index contributed by atoms with van der Waals surface area (Å²) in [5, 5.41) is 7.28. The lowest BCUT2D eigenvalue weighted by molar-refractivity contribution is 0.243. The van der Waals surface area contributed by atoms with E-state index in [0.29, 0.717) is 12.0 Å². The minimum atomic E-state index is 0.347. The van der Waals surface area contributed by atoms with Crippen LogP contribution in [0.4, 0.5) is 0 Å². The Morgan fingerprint density at radius 1 is 1.47 bits per heavy atom. The van der Waals surface area contributed by atoms with Crippen molar-refractivity contribution in [3.05, 3.63) is 11.7 Å². The monoisotopic (exact) mass is 208 g/mol. The van der Waals surface area contributed by atoms with Gasteiger partial charge in [0.1, 0.15) is 0 Å². The lowest BCUT2D eigenvalue weighted by Crippen LogP contribution is -2.40. The molecule has 0 saturated carbocycles. The van der Waals surface area contributed by atoms with E-state index in [1.807, 2.05) is 0 Å². The minimum Gasteiger partial charge on any atom is -0.338 e. The van der Waals surface area contributed by atoms with Crippen LogP contribution >= 0.6 is 0 Å². The number of likely N-dealkylation sites (tertiary alicyclic amines) is 1. The molecule has 2 saturated heterocycles. The van der Waals surface area contributed by atoms with Gasteiger partial charge in [-0.3, -0.25) is 4.90 Å². The first kappa shape index (κ1) is 9.30. The Morgan fingerprint density at radius 3 is 2.93 bits per heavy atom. The van der Waals surface area contributed by atoms with Crippen molar-refractivity contribution in [2.24, 2.45) is 0 Å². The highest BCUT2D eigenvalue weighted by atomic mass is 16.5. The molecule has 1 N–H and O–H groups in total. The van der Waals surface area contributed by atoms with Crippen LogP contribution in [0.15, 0.2) is 4.52 Å². The van der Waals surface area contributed by atoms with Crippen LogP contribution in [-0.2, 0) is 0 Å². The van der Waals surface area contributed by atoms with E-state index in [2.05, 4.69) is 27.4 Å². The molecule has 0 spiro atoms. The van der Waals surface area contributed by atoms with Gasteiger partial charge in [-0.25, -0.2) is 0 Å². The summed E-state index contributed by atoms with van der Waals surface area (Å²) in [6, 6.07) is 0.347. The SMILES string of the molecule is CN1CCC[C@@H]1c1nc(C2CNC2)no1. The molecule has 2 aliphatic rings. The van der Waals surface area contributed by atoms with Crippen molar-refractivity contribution in [1.29, 1.82) is 0 Å². The number of rotatable bonds is 2. The molecule has 0 amide bonds. The Labute approximate surface area is 88.8 Å². The van der Waals surface area contributed by atoms with Gasteiger partial charge in [0.25, 0.3) is 0 Å². The van der Waals surface area contributed by atoms with E-state index in [4.69, 9.17) is 4.52 Å². The number of hydrogen-bond donors (Lipinski definition) is 1. The first-order valence-electron chi connectivity index (χ1n) is 5.59. The van der Waals surface area contributed by atoms with Crippen LogP contribution in [0.3, 0.4) is 0 Å². The summed E-state index contributed by atoms with van der Waals surface area (Å²) in [6.07, 6.45) is 2.37. The number of aromatic nitrogens is 2. The van der Waals surface area contributed by atoms with Gasteiger partial charge in [-0.2, -0.15) is 4.98 Å². The largest absolute Gasteiger partial charge is 0.338 e. The average Bonchev–Trinajstić information content (AvgIpc) is 2.70. The van der Waals surface area contributed by atoms with Gasteiger partial charge in [0.15, 0.2) is 5.82 Å². The maximum Gasteiger partial charge on any atom is 0.243 e. The molecule has 0 aliphatic carbocycles. The first-order chi connectivity index (χ1) is 7.34. The van der Waals surface area contributed by atoms with E-state index < -0.39 is 0 Å². The molecule has 5 nitrogen and oxygen atoms in total. The zero-order valence-corrected chi connectivity index (χ0v) is 8.94. The smallest absolute Gasteiger partial charge is 0.243 e. The minimum absolute atomic E-state index is 0.347. The average molecular weight is 208 g/mol. The van der Waals surface area contributed by atoms with Crippen molar-refractivity contribution in [1.82, 2.24) is 20.4 Å². The van der Waals surface area contributed by atoms with Gasteiger partial charge >= 0.3 is 0 Å². The number of nitrogens with one attached hydrogen (secondary N) is 1. The van der Waals surface area contributed by atoms with Crippen LogP contribution in [0.5, 0.6) is 0 Å². The molecule has 1 aromatic heterocycles. The first-order valence-corrected chi connectivity index (χ1v) is 5.59. The van der Waals surface area contributed by atoms with Gasteiger partial charge in [-0.05, 0) is 26.4 Å². The molecule has 0 unspecified atom stereocenters. The Kier molecular flexibility index (Phi) is 2.21. The van der Waals surface area contributed by atoms with Crippen molar-refractivity contribution in [3.63, 3.8) is 0 Å². The molecular formula is C10H16N4O. The van der Waals surface area contributed by atoms with E-state index >= 15 is 0 Å². The van der Waals surface area contributed by atoms with E-state index in [1.165, 1.54) is 6.42 Å². The summed E-state index contributed by atoms with van der Waals surface area (Å²) in [7, 11) is 2.12. The van der Waals surface area contributed by atoms with Crippen LogP contribution in [0.2, 0.25) is 0 Å². The molecule has 2 aliphatic heterocycles. The maximum absolute atomic E-state index is 5.35. The molecular weight excluding hydrogens is 192 g/mol. The van der Waals surface area contributed by atoms with Gasteiger partial charge in [-0.15, -0.1) is 0 Å². The molecule has 15 heavy (non-hydrogen) atoms. The van der Waals surface area contributed by atoms with Crippen molar-refractivity contribution in [3.8, 4) is 0 Å². The van der Waals surface area contributed by atoms with E-state index in [9.17, 15) is 0 Å². The maximum atomic E-state index is 5.35. The van der Waals surface area contributed by atoms with Gasteiger partial charge in [0, 0.05) is 19.0 Å². The molecule has 1 atom stereocenters. The standard InChI is InChI=1S/C10H16N4O/c1-14-4-2-3-8(14)10-12-9(13-15-10)7-5-11-6-7/h7-8,11H,2-6H2,1H3/t8-/m1/s1. The third kappa shape index (κ3) is 1.55. The molecule has 1 aromatic rings. The van der Waals surface area contributed by atoms with Crippen molar-refractivity contribution in [2.75, 3.05) is 26.7 Å². The Bertz CT molecular complexity index is 347. The summed E-state index contributed by atoms with van der Waals surface area (Å²) >= 11 is 0. The fraction of sp³-hybridized carbons (Fsp3) is 0.800. The lowest BCUT2D eigenvalue weighted by Gasteiger charge is -2.23. The number of hydrogen-bond acceptors (Lipinski definition) is 5. The second-order valence-corrected chi connectivity index (χ2v) is 4.48. The third-order valence-electron chi connectivity index (χ3n) is 3.41. The van der Waals surface area contributed by atoms with Crippen molar-refractivity contribution in [2.45, 2.75) is 24.8 Å². The third-order valence-corrected chi connectivity index (χ3v) is 3.41. The van der Waals surface area contributed by atoms with Gasteiger partial charge in [0.2, 0.25) is 5.89 Å².